The zero-order valence-electron chi connectivity index (χ0n) is 10.6. The van der Waals surface area contributed by atoms with E-state index in [0.717, 1.165) is 23.7 Å². The standard InChI is InChI=1S/C14H28/c1-5-11(3)9-13-7-8-14(10-13)12(4)6-2/h11-14H,5-10H2,1-4H3. The van der Waals surface area contributed by atoms with Crippen molar-refractivity contribution in [3.05, 3.63) is 0 Å². The minimum Gasteiger partial charge on any atom is -0.0651 e. The Balaban J connectivity index is 2.26. The summed E-state index contributed by atoms with van der Waals surface area (Å²) in [6.45, 7) is 9.52. The summed E-state index contributed by atoms with van der Waals surface area (Å²) in [5.41, 5.74) is 0. The summed E-state index contributed by atoms with van der Waals surface area (Å²) in [7, 11) is 0. The van der Waals surface area contributed by atoms with Crippen LogP contribution in [0, 0.1) is 23.7 Å². The lowest BCUT2D eigenvalue weighted by Crippen LogP contribution is -2.08. The third-order valence-electron chi connectivity index (χ3n) is 4.46. The van der Waals surface area contributed by atoms with E-state index in [1.807, 2.05) is 0 Å². The van der Waals surface area contributed by atoms with E-state index in [4.69, 9.17) is 0 Å². The van der Waals surface area contributed by atoms with Gasteiger partial charge < -0.3 is 0 Å². The first kappa shape index (κ1) is 12.1. The summed E-state index contributed by atoms with van der Waals surface area (Å²) in [6.07, 6.45) is 8.78. The molecule has 4 unspecified atom stereocenters. The molecule has 0 spiro atoms. The first-order chi connectivity index (χ1) is 6.67. The van der Waals surface area contributed by atoms with Crippen molar-refractivity contribution in [3.8, 4) is 0 Å². The van der Waals surface area contributed by atoms with Crippen LogP contribution in [0.2, 0.25) is 0 Å². The van der Waals surface area contributed by atoms with Gasteiger partial charge in [-0.05, 0) is 42.9 Å². The molecule has 0 nitrogen and oxygen atoms in total. The maximum absolute atomic E-state index is 2.44. The molecular weight excluding hydrogens is 168 g/mol. The normalized spacial score (nSPS) is 31.7. The molecule has 1 aliphatic rings. The second-order valence-corrected chi connectivity index (χ2v) is 5.57. The van der Waals surface area contributed by atoms with Gasteiger partial charge in [0.25, 0.3) is 0 Å². The minimum atomic E-state index is 0.954. The van der Waals surface area contributed by atoms with Crippen LogP contribution in [0.4, 0.5) is 0 Å². The van der Waals surface area contributed by atoms with E-state index in [1.54, 1.807) is 0 Å². The summed E-state index contributed by atoms with van der Waals surface area (Å²) in [5.74, 6) is 4.03. The summed E-state index contributed by atoms with van der Waals surface area (Å²) in [4.78, 5) is 0. The van der Waals surface area contributed by atoms with Crippen molar-refractivity contribution >= 4 is 0 Å². The van der Waals surface area contributed by atoms with Gasteiger partial charge >= 0.3 is 0 Å². The van der Waals surface area contributed by atoms with Gasteiger partial charge in [-0.2, -0.15) is 0 Å². The van der Waals surface area contributed by atoms with Crippen molar-refractivity contribution in [1.82, 2.24) is 0 Å². The molecule has 0 aromatic carbocycles. The maximum atomic E-state index is 2.44. The number of hydrogen-bond acceptors (Lipinski definition) is 0. The minimum absolute atomic E-state index is 0.954. The van der Waals surface area contributed by atoms with Crippen molar-refractivity contribution in [3.63, 3.8) is 0 Å². The SMILES string of the molecule is CCC(C)CC1CCC(C(C)CC)C1. The van der Waals surface area contributed by atoms with Crippen LogP contribution in [-0.4, -0.2) is 0 Å². The highest BCUT2D eigenvalue weighted by Gasteiger charge is 2.28. The monoisotopic (exact) mass is 196 g/mol. The summed E-state index contributed by atoms with van der Waals surface area (Å²) in [5, 5.41) is 0. The topological polar surface area (TPSA) is 0 Å². The van der Waals surface area contributed by atoms with Crippen LogP contribution in [0.5, 0.6) is 0 Å². The van der Waals surface area contributed by atoms with Gasteiger partial charge in [0.1, 0.15) is 0 Å². The van der Waals surface area contributed by atoms with E-state index in [9.17, 15) is 0 Å². The van der Waals surface area contributed by atoms with Crippen LogP contribution >= 0.6 is 0 Å². The fourth-order valence-corrected chi connectivity index (χ4v) is 2.91. The molecule has 84 valence electrons. The Kier molecular flexibility index (Phi) is 4.98. The molecule has 0 amide bonds. The highest BCUT2D eigenvalue weighted by atomic mass is 14.3. The van der Waals surface area contributed by atoms with Gasteiger partial charge in [0.15, 0.2) is 0 Å². The van der Waals surface area contributed by atoms with E-state index in [0.29, 0.717) is 0 Å². The molecule has 4 atom stereocenters. The highest BCUT2D eigenvalue weighted by molar-refractivity contribution is 4.79. The quantitative estimate of drug-likeness (QED) is 0.587. The third-order valence-corrected chi connectivity index (χ3v) is 4.46. The van der Waals surface area contributed by atoms with Crippen LogP contribution in [0.15, 0.2) is 0 Å². The second-order valence-electron chi connectivity index (χ2n) is 5.57. The Morgan fingerprint density at radius 1 is 1.07 bits per heavy atom. The Hall–Kier alpha value is 0. The molecule has 0 saturated heterocycles. The predicted molar refractivity (Wildman–Crippen MR) is 64.4 cm³/mol. The van der Waals surface area contributed by atoms with E-state index >= 15 is 0 Å². The Morgan fingerprint density at radius 3 is 2.36 bits per heavy atom. The van der Waals surface area contributed by atoms with Gasteiger partial charge in [0, 0.05) is 0 Å². The zero-order chi connectivity index (χ0) is 10.6. The number of hydrogen-bond donors (Lipinski definition) is 0. The van der Waals surface area contributed by atoms with Crippen molar-refractivity contribution in [2.75, 3.05) is 0 Å². The first-order valence-corrected chi connectivity index (χ1v) is 6.67. The molecule has 1 aliphatic carbocycles. The molecule has 0 radical (unpaired) electrons. The van der Waals surface area contributed by atoms with Crippen LogP contribution in [0.1, 0.15) is 66.2 Å². The average Bonchev–Trinajstić information content (AvgIpc) is 2.65. The molecule has 1 saturated carbocycles. The molecule has 0 aromatic rings. The van der Waals surface area contributed by atoms with Crippen molar-refractivity contribution in [2.24, 2.45) is 23.7 Å². The van der Waals surface area contributed by atoms with Crippen LogP contribution in [-0.2, 0) is 0 Å². The third kappa shape index (κ3) is 3.29. The van der Waals surface area contributed by atoms with Crippen molar-refractivity contribution in [1.29, 1.82) is 0 Å². The smallest absolute Gasteiger partial charge is 0.0386 e. The lowest BCUT2D eigenvalue weighted by atomic mass is 9.87. The van der Waals surface area contributed by atoms with Gasteiger partial charge in [-0.3, -0.25) is 0 Å². The Labute approximate surface area is 90.5 Å². The van der Waals surface area contributed by atoms with Crippen LogP contribution in [0.3, 0.4) is 0 Å². The highest BCUT2D eigenvalue weighted by Crippen LogP contribution is 2.39. The lowest BCUT2D eigenvalue weighted by molar-refractivity contribution is 0.324. The molecule has 1 fully saturated rings. The predicted octanol–water partition coefficient (Wildman–Crippen LogP) is 4.89. The molecule has 0 N–H and O–H groups in total. The van der Waals surface area contributed by atoms with Crippen LogP contribution in [0.25, 0.3) is 0 Å². The van der Waals surface area contributed by atoms with Gasteiger partial charge in [-0.1, -0.05) is 47.0 Å². The Morgan fingerprint density at radius 2 is 1.79 bits per heavy atom. The largest absolute Gasteiger partial charge is 0.0651 e. The van der Waals surface area contributed by atoms with Gasteiger partial charge in [0.2, 0.25) is 0 Å². The molecule has 0 aromatic heterocycles. The average molecular weight is 196 g/mol. The second kappa shape index (κ2) is 5.78. The zero-order valence-corrected chi connectivity index (χ0v) is 10.6. The van der Waals surface area contributed by atoms with Gasteiger partial charge in [0.05, 0.1) is 0 Å². The molecule has 0 heterocycles. The van der Waals surface area contributed by atoms with Crippen molar-refractivity contribution < 1.29 is 0 Å². The van der Waals surface area contributed by atoms with Crippen molar-refractivity contribution in [2.45, 2.75) is 66.2 Å². The molecule has 0 heteroatoms. The summed E-state index contributed by atoms with van der Waals surface area (Å²) < 4.78 is 0. The van der Waals surface area contributed by atoms with E-state index in [1.165, 1.54) is 38.5 Å². The fraction of sp³-hybridized carbons (Fsp3) is 1.00. The summed E-state index contributed by atoms with van der Waals surface area (Å²) in [6, 6.07) is 0. The van der Waals surface area contributed by atoms with E-state index in [-0.39, 0.29) is 0 Å². The van der Waals surface area contributed by atoms with Gasteiger partial charge in [-0.25, -0.2) is 0 Å². The van der Waals surface area contributed by atoms with E-state index in [2.05, 4.69) is 27.7 Å². The Bertz CT molecular complexity index is 150. The first-order valence-electron chi connectivity index (χ1n) is 6.67. The van der Waals surface area contributed by atoms with Crippen LogP contribution < -0.4 is 0 Å². The molecule has 14 heavy (non-hydrogen) atoms. The van der Waals surface area contributed by atoms with Gasteiger partial charge in [-0.15, -0.1) is 0 Å². The molecule has 0 aliphatic heterocycles. The summed E-state index contributed by atoms with van der Waals surface area (Å²) >= 11 is 0. The molecular formula is C14H28. The van der Waals surface area contributed by atoms with E-state index < -0.39 is 0 Å². The lowest BCUT2D eigenvalue weighted by Gasteiger charge is -2.18. The molecule has 1 rings (SSSR count). The number of rotatable bonds is 5. The molecule has 0 bridgehead atoms. The fourth-order valence-electron chi connectivity index (χ4n) is 2.91. The maximum Gasteiger partial charge on any atom is -0.0386 e.